The van der Waals surface area contributed by atoms with Crippen LogP contribution >= 0.6 is 0 Å². The van der Waals surface area contributed by atoms with E-state index in [4.69, 9.17) is 4.74 Å². The van der Waals surface area contributed by atoms with Gasteiger partial charge in [-0.05, 0) is 67.3 Å². The normalized spacial score (nSPS) is 15.8. The molecule has 1 aliphatic heterocycles. The molecule has 1 heterocycles. The summed E-state index contributed by atoms with van der Waals surface area (Å²) in [7, 11) is 0. The minimum Gasteiger partial charge on any atom is -0.426 e. The lowest BCUT2D eigenvalue weighted by Crippen LogP contribution is -2.43. The van der Waals surface area contributed by atoms with Gasteiger partial charge in [-0.25, -0.2) is 4.90 Å². The summed E-state index contributed by atoms with van der Waals surface area (Å²) < 4.78 is 5.38. The number of amides is 2. The third kappa shape index (κ3) is 3.74. The van der Waals surface area contributed by atoms with Crippen LogP contribution in [0.25, 0.3) is 0 Å². The van der Waals surface area contributed by atoms with Crippen LogP contribution in [-0.4, -0.2) is 17.8 Å². The second-order valence-corrected chi connectivity index (χ2v) is 7.40. The van der Waals surface area contributed by atoms with E-state index in [1.54, 1.807) is 49.4 Å². The quantitative estimate of drug-likeness (QED) is 0.439. The molecule has 0 atom stereocenters. The molecule has 0 spiro atoms. The number of imide groups is 1. The average molecular weight is 399 g/mol. The van der Waals surface area contributed by atoms with Crippen molar-refractivity contribution in [1.29, 1.82) is 0 Å². The first-order valence-electron chi connectivity index (χ1n) is 9.76. The van der Waals surface area contributed by atoms with Crippen molar-refractivity contribution in [1.82, 2.24) is 0 Å². The summed E-state index contributed by atoms with van der Waals surface area (Å²) in [5, 5.41) is 0. The van der Waals surface area contributed by atoms with Crippen LogP contribution in [0.4, 0.5) is 5.69 Å². The van der Waals surface area contributed by atoms with Crippen LogP contribution in [0.3, 0.4) is 0 Å². The van der Waals surface area contributed by atoms with Gasteiger partial charge in [0.1, 0.15) is 5.75 Å². The number of esters is 1. The van der Waals surface area contributed by atoms with E-state index in [2.05, 4.69) is 0 Å². The van der Waals surface area contributed by atoms with Gasteiger partial charge in [0.2, 0.25) is 0 Å². The molecule has 30 heavy (non-hydrogen) atoms. The van der Waals surface area contributed by atoms with E-state index in [9.17, 15) is 14.4 Å². The highest BCUT2D eigenvalue weighted by Gasteiger charge is 2.35. The molecular formula is C25H21NO4. The average Bonchev–Trinajstić information content (AvgIpc) is 2.73. The summed E-state index contributed by atoms with van der Waals surface area (Å²) in [4.78, 5) is 39.1. The fourth-order valence-corrected chi connectivity index (χ4v) is 3.64. The van der Waals surface area contributed by atoms with E-state index in [1.807, 2.05) is 31.2 Å². The molecule has 4 rings (SSSR count). The number of allylic oxidation sites excluding steroid dienone is 3. The van der Waals surface area contributed by atoms with Crippen LogP contribution in [-0.2, 0) is 20.8 Å². The van der Waals surface area contributed by atoms with E-state index in [-0.39, 0.29) is 24.2 Å². The summed E-state index contributed by atoms with van der Waals surface area (Å²) in [6.07, 6.45) is 6.20. The molecule has 1 aliphatic carbocycles. The number of benzene rings is 2. The number of anilines is 1. The Morgan fingerprint density at radius 1 is 1.03 bits per heavy atom. The molecule has 5 heteroatoms. The Labute approximate surface area is 175 Å². The van der Waals surface area contributed by atoms with Crippen molar-refractivity contribution < 1.29 is 19.1 Å². The predicted molar refractivity (Wildman–Crippen MR) is 114 cm³/mol. The van der Waals surface area contributed by atoms with Crippen LogP contribution in [0.5, 0.6) is 5.75 Å². The molecule has 0 N–H and O–H groups in total. The molecule has 5 nitrogen and oxygen atoms in total. The number of fused-ring (bicyclic) bond motifs is 1. The van der Waals surface area contributed by atoms with Crippen LogP contribution < -0.4 is 9.64 Å². The summed E-state index contributed by atoms with van der Waals surface area (Å²) in [5.41, 5.74) is 4.16. The summed E-state index contributed by atoms with van der Waals surface area (Å²) in [6.45, 7) is 3.68. The van der Waals surface area contributed by atoms with Gasteiger partial charge in [-0.3, -0.25) is 14.4 Å². The van der Waals surface area contributed by atoms with E-state index in [0.29, 0.717) is 29.0 Å². The Balaban J connectivity index is 1.50. The summed E-state index contributed by atoms with van der Waals surface area (Å²) in [5.74, 6) is -0.499. The van der Waals surface area contributed by atoms with E-state index in [1.165, 1.54) is 4.90 Å². The highest BCUT2D eigenvalue weighted by molar-refractivity contribution is 6.30. The lowest BCUT2D eigenvalue weighted by Gasteiger charge is -2.30. The SMILES string of the molecule is CC1=C2CC=CC=C2C(=O)N(c2ccc(CC(=O)Oc3cccc(C)c3)cc2)C1=O. The molecule has 2 amide bonds. The van der Waals surface area contributed by atoms with Crippen LogP contribution in [0.2, 0.25) is 0 Å². The molecule has 2 aliphatic rings. The maximum absolute atomic E-state index is 12.9. The smallest absolute Gasteiger partial charge is 0.315 e. The molecule has 0 saturated heterocycles. The molecule has 0 radical (unpaired) electrons. The monoisotopic (exact) mass is 399 g/mol. The molecule has 0 unspecified atom stereocenters. The second kappa shape index (κ2) is 7.95. The number of carbonyl (C=O) groups is 3. The van der Waals surface area contributed by atoms with Gasteiger partial charge in [0.05, 0.1) is 12.1 Å². The molecule has 0 bridgehead atoms. The zero-order chi connectivity index (χ0) is 21.3. The van der Waals surface area contributed by atoms with Gasteiger partial charge >= 0.3 is 5.97 Å². The van der Waals surface area contributed by atoms with Crippen molar-refractivity contribution in [2.75, 3.05) is 4.90 Å². The molecule has 0 fully saturated rings. The zero-order valence-electron chi connectivity index (χ0n) is 16.8. The van der Waals surface area contributed by atoms with Crippen molar-refractivity contribution in [2.24, 2.45) is 0 Å². The summed E-state index contributed by atoms with van der Waals surface area (Å²) in [6, 6.07) is 14.1. The van der Waals surface area contributed by atoms with Gasteiger partial charge in [-0.2, -0.15) is 0 Å². The minimum atomic E-state index is -0.374. The van der Waals surface area contributed by atoms with Gasteiger partial charge in [0.25, 0.3) is 11.8 Å². The maximum Gasteiger partial charge on any atom is 0.315 e. The van der Waals surface area contributed by atoms with E-state index < -0.39 is 0 Å². The topological polar surface area (TPSA) is 63.7 Å². The van der Waals surface area contributed by atoms with Gasteiger partial charge in [-0.15, -0.1) is 0 Å². The fraction of sp³-hybridized carbons (Fsp3) is 0.160. The standard InChI is InChI=1S/C25H21NO4/c1-16-6-5-7-20(14-16)30-23(27)15-18-10-12-19(13-11-18)26-24(28)17(2)21-8-3-4-9-22(21)25(26)29/h3-7,9-14H,8,15H2,1-2H3. The molecule has 0 saturated carbocycles. The Kier molecular flexibility index (Phi) is 5.19. The van der Waals surface area contributed by atoms with Gasteiger partial charge in [0, 0.05) is 11.1 Å². The Hall–Kier alpha value is -3.73. The van der Waals surface area contributed by atoms with Crippen LogP contribution in [0, 0.1) is 6.92 Å². The zero-order valence-corrected chi connectivity index (χ0v) is 16.8. The molecule has 2 aromatic carbocycles. The predicted octanol–water partition coefficient (Wildman–Crippen LogP) is 4.22. The minimum absolute atomic E-state index is 0.0924. The van der Waals surface area contributed by atoms with Crippen molar-refractivity contribution in [3.8, 4) is 5.75 Å². The molecule has 2 aromatic rings. The number of nitrogens with zero attached hydrogens (tertiary/aromatic N) is 1. The van der Waals surface area contributed by atoms with E-state index >= 15 is 0 Å². The van der Waals surface area contributed by atoms with Crippen molar-refractivity contribution in [3.63, 3.8) is 0 Å². The van der Waals surface area contributed by atoms with Crippen molar-refractivity contribution in [2.45, 2.75) is 26.7 Å². The van der Waals surface area contributed by atoms with Gasteiger partial charge < -0.3 is 4.74 Å². The van der Waals surface area contributed by atoms with Crippen LogP contribution in [0.15, 0.2) is 83.5 Å². The Bertz CT molecular complexity index is 1140. The molecular weight excluding hydrogens is 378 g/mol. The highest BCUT2D eigenvalue weighted by Crippen LogP contribution is 2.33. The number of hydrogen-bond donors (Lipinski definition) is 0. The number of carbonyl (C=O) groups excluding carboxylic acids is 3. The second-order valence-electron chi connectivity index (χ2n) is 7.40. The number of rotatable bonds is 4. The first-order valence-corrected chi connectivity index (χ1v) is 9.76. The molecule has 0 aromatic heterocycles. The number of aryl methyl sites for hydroxylation is 1. The highest BCUT2D eigenvalue weighted by atomic mass is 16.5. The molecule has 150 valence electrons. The third-order valence-electron chi connectivity index (χ3n) is 5.22. The Morgan fingerprint density at radius 2 is 1.80 bits per heavy atom. The van der Waals surface area contributed by atoms with Crippen LogP contribution in [0.1, 0.15) is 24.5 Å². The Morgan fingerprint density at radius 3 is 2.53 bits per heavy atom. The number of ether oxygens (including phenoxy) is 1. The first kappa shape index (κ1) is 19.6. The van der Waals surface area contributed by atoms with Gasteiger partial charge in [0.15, 0.2) is 0 Å². The maximum atomic E-state index is 12.9. The third-order valence-corrected chi connectivity index (χ3v) is 5.22. The van der Waals surface area contributed by atoms with E-state index in [0.717, 1.165) is 16.7 Å². The lowest BCUT2D eigenvalue weighted by molar-refractivity contribution is -0.133. The van der Waals surface area contributed by atoms with Crippen molar-refractivity contribution >= 4 is 23.5 Å². The fourth-order valence-electron chi connectivity index (χ4n) is 3.64. The number of hydrogen-bond acceptors (Lipinski definition) is 4. The lowest BCUT2D eigenvalue weighted by atomic mass is 9.88. The first-order chi connectivity index (χ1) is 14.4. The van der Waals surface area contributed by atoms with Crippen molar-refractivity contribution in [3.05, 3.63) is 94.6 Å². The summed E-state index contributed by atoms with van der Waals surface area (Å²) >= 11 is 0. The van der Waals surface area contributed by atoms with Gasteiger partial charge in [-0.1, -0.05) is 36.4 Å². The largest absolute Gasteiger partial charge is 0.426 e.